The lowest BCUT2D eigenvalue weighted by Gasteiger charge is -2.58. The first-order chi connectivity index (χ1) is 21.7. The van der Waals surface area contributed by atoms with E-state index in [0.717, 1.165) is 69.5 Å². The molecule has 0 aromatic heterocycles. The Morgan fingerprint density at radius 3 is 2.67 bits per heavy atom. The third-order valence-electron chi connectivity index (χ3n) is 13.8. The number of hydrogen-bond acceptors (Lipinski definition) is 3. The second-order valence-corrected chi connectivity index (χ2v) is 16.6. The highest BCUT2D eigenvalue weighted by molar-refractivity contribution is 6.23. The van der Waals surface area contributed by atoms with Crippen LogP contribution in [0.1, 0.15) is 121 Å². The van der Waals surface area contributed by atoms with Crippen LogP contribution in [-0.2, 0) is 4.74 Å². The third-order valence-corrected chi connectivity index (χ3v) is 13.8. The molecule has 1 N–H and O–H groups in total. The van der Waals surface area contributed by atoms with Crippen molar-refractivity contribution in [2.75, 3.05) is 18.5 Å². The number of carbonyl (C=O) groups is 1. The molecule has 2 aromatic carbocycles. The number of benzene rings is 2. The monoisotopic (exact) mass is 607 g/mol. The van der Waals surface area contributed by atoms with Crippen molar-refractivity contribution in [1.82, 2.24) is 0 Å². The van der Waals surface area contributed by atoms with Crippen molar-refractivity contribution in [3.8, 4) is 0 Å². The molecule has 0 bridgehead atoms. The van der Waals surface area contributed by atoms with Crippen molar-refractivity contribution in [2.24, 2.45) is 46.3 Å². The fraction of sp³-hybridized carbons (Fsp3) is 0.643. The van der Waals surface area contributed by atoms with Crippen molar-refractivity contribution in [2.45, 2.75) is 111 Å². The van der Waals surface area contributed by atoms with Crippen LogP contribution in [0, 0.1) is 46.3 Å². The molecule has 3 saturated carbocycles. The van der Waals surface area contributed by atoms with Crippen molar-refractivity contribution in [1.29, 1.82) is 0 Å². The van der Waals surface area contributed by atoms with Crippen LogP contribution in [0.25, 0.3) is 16.8 Å². The summed E-state index contributed by atoms with van der Waals surface area (Å²) in [6, 6.07) is 10.4. The smallest absolute Gasteiger partial charge is 0.188 e. The van der Waals surface area contributed by atoms with Crippen LogP contribution >= 0.6 is 0 Å². The Kier molecular flexibility index (Phi) is 8.55. The largest absolute Gasteiger partial charge is 0.382 e. The maximum Gasteiger partial charge on any atom is 0.188 e. The molecule has 0 heterocycles. The van der Waals surface area contributed by atoms with Crippen LogP contribution in [0.15, 0.2) is 48.1 Å². The number of carbonyl (C=O) groups excluding carboxylic acids is 1. The number of anilines is 1. The van der Waals surface area contributed by atoms with Crippen LogP contribution in [0.4, 0.5) is 5.69 Å². The number of ether oxygens (including phenoxy) is 1. The molecule has 242 valence electrons. The first-order valence-corrected chi connectivity index (χ1v) is 18.5. The van der Waals surface area contributed by atoms with Gasteiger partial charge in [0, 0.05) is 17.6 Å². The summed E-state index contributed by atoms with van der Waals surface area (Å²) in [5, 5.41) is 5.74. The van der Waals surface area contributed by atoms with E-state index in [-0.39, 0.29) is 5.78 Å². The average Bonchev–Trinajstić information content (AvgIpc) is 3.38. The van der Waals surface area contributed by atoms with Crippen LogP contribution in [0.5, 0.6) is 0 Å². The number of allylic oxidation sites excluding steroid dienone is 2. The van der Waals surface area contributed by atoms with Gasteiger partial charge in [-0.2, -0.15) is 0 Å². The van der Waals surface area contributed by atoms with Gasteiger partial charge < -0.3 is 10.1 Å². The zero-order valence-corrected chi connectivity index (χ0v) is 28.7. The van der Waals surface area contributed by atoms with Crippen molar-refractivity contribution in [3.63, 3.8) is 0 Å². The van der Waals surface area contributed by atoms with E-state index in [0.29, 0.717) is 30.1 Å². The highest BCUT2D eigenvalue weighted by Crippen LogP contribution is 2.67. The number of fused-ring (bicyclic) bond motifs is 5. The van der Waals surface area contributed by atoms with Gasteiger partial charge in [0.05, 0.1) is 18.3 Å². The standard InChI is InChI=1S/C42H57NO2/c1-27(2)8-6-9-28(3)34-16-17-35-33-15-14-31-26-32(20-22-41(31,4)36(33)21-23-42(34,35)5)45-25-24-43-37-18-12-29-10-7-11-30-13-19-38(44)40(37)39(29)30/h7,10-14,18-19,27-28,32-36,43H,6,8-9,15-17,20-26H2,1-5H3. The lowest BCUT2D eigenvalue weighted by molar-refractivity contribution is -0.0632. The zero-order chi connectivity index (χ0) is 31.3. The Morgan fingerprint density at radius 2 is 1.82 bits per heavy atom. The molecule has 8 atom stereocenters. The molecule has 3 heteroatoms. The van der Waals surface area contributed by atoms with Gasteiger partial charge in [0.1, 0.15) is 0 Å². The molecule has 0 radical (unpaired) electrons. The molecule has 3 nitrogen and oxygen atoms in total. The van der Waals surface area contributed by atoms with E-state index >= 15 is 0 Å². The van der Waals surface area contributed by atoms with Gasteiger partial charge in [-0.25, -0.2) is 0 Å². The van der Waals surface area contributed by atoms with Gasteiger partial charge in [0.2, 0.25) is 0 Å². The minimum atomic E-state index is 0.0872. The molecular formula is C42H57NO2. The first-order valence-electron chi connectivity index (χ1n) is 18.5. The molecule has 45 heavy (non-hydrogen) atoms. The van der Waals surface area contributed by atoms with Crippen LogP contribution in [0.2, 0.25) is 0 Å². The molecular weight excluding hydrogens is 550 g/mol. The van der Waals surface area contributed by atoms with Crippen LogP contribution in [0.3, 0.4) is 0 Å². The fourth-order valence-corrected chi connectivity index (χ4v) is 11.4. The second-order valence-electron chi connectivity index (χ2n) is 16.6. The van der Waals surface area contributed by atoms with Crippen molar-refractivity contribution < 1.29 is 9.53 Å². The van der Waals surface area contributed by atoms with E-state index in [1.807, 2.05) is 6.08 Å². The van der Waals surface area contributed by atoms with E-state index in [4.69, 9.17) is 4.74 Å². The molecule has 0 spiro atoms. The second kappa shape index (κ2) is 12.3. The summed E-state index contributed by atoms with van der Waals surface area (Å²) in [6.07, 6.45) is 21.5. The average molecular weight is 608 g/mol. The summed E-state index contributed by atoms with van der Waals surface area (Å²) >= 11 is 0. The summed E-state index contributed by atoms with van der Waals surface area (Å²) in [7, 11) is 0. The van der Waals surface area contributed by atoms with E-state index in [1.165, 1.54) is 64.2 Å². The van der Waals surface area contributed by atoms with Crippen molar-refractivity contribution in [3.05, 3.63) is 59.2 Å². The molecule has 5 aliphatic rings. The maximum atomic E-state index is 12.9. The minimum Gasteiger partial charge on any atom is -0.382 e. The Labute approximate surface area is 272 Å². The summed E-state index contributed by atoms with van der Waals surface area (Å²) in [5.74, 6) is 5.38. The Bertz CT molecular complexity index is 1490. The predicted molar refractivity (Wildman–Crippen MR) is 189 cm³/mol. The van der Waals surface area contributed by atoms with Gasteiger partial charge in [0.15, 0.2) is 5.78 Å². The van der Waals surface area contributed by atoms with Gasteiger partial charge in [-0.05, 0) is 121 Å². The third kappa shape index (κ3) is 5.53. The number of hydrogen-bond donors (Lipinski definition) is 1. The molecule has 5 aliphatic carbocycles. The normalized spacial score (nSPS) is 34.3. The number of rotatable bonds is 10. The molecule has 2 aromatic rings. The molecule has 0 saturated heterocycles. The van der Waals surface area contributed by atoms with E-state index in [1.54, 1.807) is 11.6 Å². The highest BCUT2D eigenvalue weighted by atomic mass is 16.5. The summed E-state index contributed by atoms with van der Waals surface area (Å²) in [5.41, 5.74) is 5.48. The fourth-order valence-electron chi connectivity index (χ4n) is 11.4. The maximum absolute atomic E-state index is 12.9. The van der Waals surface area contributed by atoms with Crippen molar-refractivity contribution >= 4 is 28.3 Å². The lowest BCUT2D eigenvalue weighted by Crippen LogP contribution is -2.51. The van der Waals surface area contributed by atoms with Crippen LogP contribution in [-0.4, -0.2) is 25.0 Å². The Balaban J connectivity index is 0.955. The van der Waals surface area contributed by atoms with Gasteiger partial charge in [0.25, 0.3) is 0 Å². The SMILES string of the molecule is CC(C)CCCC(C)C1CCC2C3CC=C4CC(OCCNc5ccc6cccc7c6c5C(=O)C=C7)CCC4(C)C3CCC12C. The quantitative estimate of drug-likeness (QED) is 0.216. The summed E-state index contributed by atoms with van der Waals surface area (Å²) < 4.78 is 6.53. The number of ketones is 1. The summed E-state index contributed by atoms with van der Waals surface area (Å²) in [6.45, 7) is 14.1. The van der Waals surface area contributed by atoms with E-state index in [9.17, 15) is 4.79 Å². The zero-order valence-electron chi connectivity index (χ0n) is 28.7. The molecule has 0 aliphatic heterocycles. The predicted octanol–water partition coefficient (Wildman–Crippen LogP) is 10.9. The van der Waals surface area contributed by atoms with Gasteiger partial charge in [-0.15, -0.1) is 0 Å². The highest BCUT2D eigenvalue weighted by Gasteiger charge is 2.59. The van der Waals surface area contributed by atoms with E-state index in [2.05, 4.69) is 76.3 Å². The molecule has 0 amide bonds. The molecule has 3 fully saturated rings. The number of nitrogens with one attached hydrogen (secondary N) is 1. The summed E-state index contributed by atoms with van der Waals surface area (Å²) in [4.78, 5) is 12.9. The topological polar surface area (TPSA) is 38.3 Å². The Hall–Kier alpha value is -2.39. The van der Waals surface area contributed by atoms with Gasteiger partial charge in [-0.1, -0.05) is 95.9 Å². The van der Waals surface area contributed by atoms with Gasteiger partial charge in [-0.3, -0.25) is 4.79 Å². The minimum absolute atomic E-state index is 0.0872. The van der Waals surface area contributed by atoms with E-state index < -0.39 is 0 Å². The molecule has 8 unspecified atom stereocenters. The van der Waals surface area contributed by atoms with Gasteiger partial charge >= 0.3 is 0 Å². The lowest BCUT2D eigenvalue weighted by atomic mass is 9.47. The molecule has 7 rings (SSSR count). The Morgan fingerprint density at radius 1 is 0.956 bits per heavy atom. The first kappa shape index (κ1) is 31.2. The van der Waals surface area contributed by atoms with Crippen LogP contribution < -0.4 is 5.32 Å².